The van der Waals surface area contributed by atoms with Crippen LogP contribution >= 0.6 is 0 Å². The second kappa shape index (κ2) is 5.49. The van der Waals surface area contributed by atoms with E-state index in [9.17, 15) is 5.11 Å². The molecule has 0 radical (unpaired) electrons. The van der Waals surface area contributed by atoms with Gasteiger partial charge >= 0.3 is 0 Å². The Morgan fingerprint density at radius 1 is 1.11 bits per heavy atom. The zero-order valence-electron chi connectivity index (χ0n) is 11.2. The van der Waals surface area contributed by atoms with Crippen molar-refractivity contribution in [1.29, 1.82) is 0 Å². The maximum atomic E-state index is 10.8. The molecule has 0 unspecified atom stereocenters. The molecule has 96 valence electrons. The van der Waals surface area contributed by atoms with Gasteiger partial charge in [-0.1, -0.05) is 44.9 Å². The number of aliphatic hydroxyl groups is 1. The molecule has 0 aliphatic carbocycles. The topological polar surface area (TPSA) is 33.1 Å². The fourth-order valence-corrected chi connectivity index (χ4v) is 2.60. The first-order chi connectivity index (χ1) is 8.69. The summed E-state index contributed by atoms with van der Waals surface area (Å²) in [4.78, 5) is 4.36. The van der Waals surface area contributed by atoms with Gasteiger partial charge in [-0.2, -0.15) is 0 Å². The molecule has 0 spiro atoms. The summed E-state index contributed by atoms with van der Waals surface area (Å²) >= 11 is 0. The lowest BCUT2D eigenvalue weighted by Crippen LogP contribution is -2.25. The molecule has 0 atom stereocenters. The number of hydrogen-bond donors (Lipinski definition) is 1. The molecule has 0 saturated carbocycles. The quantitative estimate of drug-likeness (QED) is 0.860. The lowest BCUT2D eigenvalue weighted by atomic mass is 9.85. The zero-order valence-corrected chi connectivity index (χ0v) is 11.2. The van der Waals surface area contributed by atoms with E-state index in [1.165, 1.54) is 0 Å². The second-order valence-electron chi connectivity index (χ2n) is 4.94. The summed E-state index contributed by atoms with van der Waals surface area (Å²) < 4.78 is 0. The maximum Gasteiger partial charge on any atom is 0.0897 e. The van der Waals surface area contributed by atoms with Crippen molar-refractivity contribution in [3.63, 3.8) is 0 Å². The van der Waals surface area contributed by atoms with Crippen molar-refractivity contribution in [2.75, 3.05) is 0 Å². The Hall–Kier alpha value is -1.41. The summed E-state index contributed by atoms with van der Waals surface area (Å²) in [5, 5.41) is 11.9. The summed E-state index contributed by atoms with van der Waals surface area (Å²) in [7, 11) is 0. The van der Waals surface area contributed by atoms with Crippen LogP contribution in [0.25, 0.3) is 10.9 Å². The average Bonchev–Trinajstić information content (AvgIpc) is 2.39. The van der Waals surface area contributed by atoms with Gasteiger partial charge in [-0.3, -0.25) is 4.98 Å². The van der Waals surface area contributed by atoms with Gasteiger partial charge in [0.2, 0.25) is 0 Å². The lowest BCUT2D eigenvalue weighted by molar-refractivity contribution is 0.0171. The van der Waals surface area contributed by atoms with Crippen LogP contribution in [0.3, 0.4) is 0 Å². The molecule has 2 heteroatoms. The lowest BCUT2D eigenvalue weighted by Gasteiger charge is -2.28. The van der Waals surface area contributed by atoms with Crippen LogP contribution in [0.15, 0.2) is 36.5 Å². The molecular weight excluding hydrogens is 222 g/mol. The molecule has 0 bridgehead atoms. The van der Waals surface area contributed by atoms with E-state index in [0.29, 0.717) is 0 Å². The predicted octanol–water partition coefficient (Wildman–Crippen LogP) is 4.02. The number of hydrogen-bond acceptors (Lipinski definition) is 2. The zero-order chi connectivity index (χ0) is 13.0. The van der Waals surface area contributed by atoms with Crippen LogP contribution < -0.4 is 0 Å². The van der Waals surface area contributed by atoms with Crippen LogP contribution in [0.5, 0.6) is 0 Å². The first-order valence-electron chi connectivity index (χ1n) is 6.77. The summed E-state index contributed by atoms with van der Waals surface area (Å²) in [5.74, 6) is 0. The Bertz CT molecular complexity index is 515. The van der Waals surface area contributed by atoms with E-state index in [1.54, 1.807) is 6.20 Å². The van der Waals surface area contributed by atoms with Gasteiger partial charge in [0.25, 0.3) is 0 Å². The highest BCUT2D eigenvalue weighted by Gasteiger charge is 2.27. The molecule has 2 nitrogen and oxygen atoms in total. The van der Waals surface area contributed by atoms with Crippen molar-refractivity contribution in [3.8, 4) is 0 Å². The monoisotopic (exact) mass is 243 g/mol. The average molecular weight is 243 g/mol. The van der Waals surface area contributed by atoms with Crippen molar-refractivity contribution in [3.05, 3.63) is 42.1 Å². The van der Waals surface area contributed by atoms with E-state index in [1.807, 2.05) is 30.3 Å². The fourth-order valence-electron chi connectivity index (χ4n) is 2.60. The second-order valence-corrected chi connectivity index (χ2v) is 4.94. The van der Waals surface area contributed by atoms with E-state index in [-0.39, 0.29) is 0 Å². The van der Waals surface area contributed by atoms with Crippen molar-refractivity contribution >= 4 is 10.9 Å². The number of benzene rings is 1. The van der Waals surface area contributed by atoms with Crippen molar-refractivity contribution in [2.45, 2.75) is 45.1 Å². The third kappa shape index (κ3) is 2.54. The van der Waals surface area contributed by atoms with E-state index >= 15 is 0 Å². The standard InChI is InChI=1S/C16H21NO/c1-3-9-16(18,10-4-2)14-8-7-13-6-5-11-17-15(13)12-14/h5-8,11-12,18H,3-4,9-10H2,1-2H3. The molecule has 0 amide bonds. The molecule has 0 aliphatic rings. The van der Waals surface area contributed by atoms with Gasteiger partial charge in [-0.25, -0.2) is 0 Å². The SMILES string of the molecule is CCCC(O)(CCC)c1ccc2cccnc2c1. The first-order valence-corrected chi connectivity index (χ1v) is 6.77. The predicted molar refractivity (Wildman–Crippen MR) is 75.5 cm³/mol. The molecule has 2 aromatic rings. The molecular formula is C16H21NO. The molecule has 2 rings (SSSR count). The minimum atomic E-state index is -0.699. The maximum absolute atomic E-state index is 10.8. The Kier molecular flexibility index (Phi) is 3.97. The summed E-state index contributed by atoms with van der Waals surface area (Å²) in [6.45, 7) is 4.22. The van der Waals surface area contributed by atoms with Gasteiger partial charge in [0.05, 0.1) is 11.1 Å². The van der Waals surface area contributed by atoms with Gasteiger partial charge < -0.3 is 5.11 Å². The number of pyridine rings is 1. The molecule has 1 aromatic heterocycles. The summed E-state index contributed by atoms with van der Waals surface area (Å²) in [6, 6.07) is 10.1. The first kappa shape index (κ1) is 13.0. The van der Waals surface area contributed by atoms with Gasteiger partial charge in [0, 0.05) is 11.6 Å². The highest BCUT2D eigenvalue weighted by Crippen LogP contribution is 2.32. The minimum Gasteiger partial charge on any atom is -0.385 e. The van der Waals surface area contributed by atoms with E-state index in [2.05, 4.69) is 18.8 Å². The van der Waals surface area contributed by atoms with E-state index in [4.69, 9.17) is 0 Å². The number of fused-ring (bicyclic) bond motifs is 1. The van der Waals surface area contributed by atoms with Crippen molar-refractivity contribution in [2.24, 2.45) is 0 Å². The van der Waals surface area contributed by atoms with Gasteiger partial charge in [0.1, 0.15) is 0 Å². The van der Waals surface area contributed by atoms with Crippen LogP contribution in [-0.4, -0.2) is 10.1 Å². The number of aromatic nitrogens is 1. The third-order valence-electron chi connectivity index (χ3n) is 3.47. The molecule has 1 aromatic carbocycles. The van der Waals surface area contributed by atoms with Crippen LogP contribution in [0, 0.1) is 0 Å². The Balaban J connectivity index is 2.44. The highest BCUT2D eigenvalue weighted by molar-refractivity contribution is 5.79. The van der Waals surface area contributed by atoms with Crippen LogP contribution in [-0.2, 0) is 5.60 Å². The number of nitrogens with zero attached hydrogens (tertiary/aromatic N) is 1. The Morgan fingerprint density at radius 3 is 2.50 bits per heavy atom. The fraction of sp³-hybridized carbons (Fsp3) is 0.438. The largest absolute Gasteiger partial charge is 0.385 e. The molecule has 1 N–H and O–H groups in total. The van der Waals surface area contributed by atoms with Gasteiger partial charge in [-0.15, -0.1) is 0 Å². The van der Waals surface area contributed by atoms with Crippen LogP contribution in [0.1, 0.15) is 45.1 Å². The van der Waals surface area contributed by atoms with Gasteiger partial charge in [-0.05, 0) is 30.5 Å². The molecule has 0 saturated heterocycles. The van der Waals surface area contributed by atoms with E-state index < -0.39 is 5.60 Å². The molecule has 0 aliphatic heterocycles. The van der Waals surface area contributed by atoms with Gasteiger partial charge in [0.15, 0.2) is 0 Å². The third-order valence-corrected chi connectivity index (χ3v) is 3.47. The molecule has 18 heavy (non-hydrogen) atoms. The number of rotatable bonds is 5. The van der Waals surface area contributed by atoms with Crippen LogP contribution in [0.2, 0.25) is 0 Å². The summed E-state index contributed by atoms with van der Waals surface area (Å²) in [6.07, 6.45) is 5.37. The van der Waals surface area contributed by atoms with Crippen molar-refractivity contribution < 1.29 is 5.11 Å². The van der Waals surface area contributed by atoms with E-state index in [0.717, 1.165) is 42.1 Å². The smallest absolute Gasteiger partial charge is 0.0897 e. The van der Waals surface area contributed by atoms with Crippen molar-refractivity contribution in [1.82, 2.24) is 4.98 Å². The Morgan fingerprint density at radius 2 is 1.83 bits per heavy atom. The minimum absolute atomic E-state index is 0.699. The molecule has 1 heterocycles. The molecule has 0 fully saturated rings. The summed E-state index contributed by atoms with van der Waals surface area (Å²) in [5.41, 5.74) is 1.26. The van der Waals surface area contributed by atoms with Crippen LogP contribution in [0.4, 0.5) is 0 Å². The highest BCUT2D eigenvalue weighted by atomic mass is 16.3. The normalized spacial score (nSPS) is 11.9. The Labute approximate surface area is 109 Å².